The standard InChI is InChI=1S/C19H14N2OS3/c22-18(21-19-20-16(11-25-19)17-6-3-9-23-17)12-24-15-8-7-13-4-1-2-5-14(13)10-15/h1-11H,12H2,(H,20,21,22). The monoisotopic (exact) mass is 382 g/mol. The van der Waals surface area contributed by atoms with Crippen molar-refractivity contribution in [3.8, 4) is 10.6 Å². The molecule has 0 fully saturated rings. The van der Waals surface area contributed by atoms with Crippen LogP contribution < -0.4 is 5.32 Å². The third kappa shape index (κ3) is 3.92. The third-order valence-electron chi connectivity index (χ3n) is 3.62. The molecule has 0 aliphatic carbocycles. The Bertz CT molecular complexity index is 1010. The van der Waals surface area contributed by atoms with Gasteiger partial charge in [-0.1, -0.05) is 36.4 Å². The molecule has 0 aliphatic heterocycles. The Kier molecular flexibility index (Phi) is 4.83. The number of rotatable bonds is 5. The number of thiazole rings is 1. The molecule has 2 aromatic carbocycles. The van der Waals surface area contributed by atoms with Crippen molar-refractivity contribution in [3.63, 3.8) is 0 Å². The Morgan fingerprint density at radius 3 is 2.76 bits per heavy atom. The Hall–Kier alpha value is -2.15. The lowest BCUT2D eigenvalue weighted by molar-refractivity contribution is -0.113. The molecule has 1 amide bonds. The van der Waals surface area contributed by atoms with E-state index in [0.29, 0.717) is 10.9 Å². The number of hydrogen-bond donors (Lipinski definition) is 1. The fraction of sp³-hybridized carbons (Fsp3) is 0.0526. The molecule has 6 heteroatoms. The number of carbonyl (C=O) groups is 1. The minimum Gasteiger partial charge on any atom is -0.301 e. The zero-order valence-electron chi connectivity index (χ0n) is 13.1. The molecule has 0 saturated carbocycles. The van der Waals surface area contributed by atoms with E-state index in [-0.39, 0.29) is 5.91 Å². The number of nitrogens with zero attached hydrogens (tertiary/aromatic N) is 1. The molecule has 0 unspecified atom stereocenters. The van der Waals surface area contributed by atoms with Crippen molar-refractivity contribution in [2.45, 2.75) is 4.90 Å². The van der Waals surface area contributed by atoms with E-state index in [9.17, 15) is 4.79 Å². The van der Waals surface area contributed by atoms with Crippen molar-refractivity contribution in [2.75, 3.05) is 11.1 Å². The summed E-state index contributed by atoms with van der Waals surface area (Å²) >= 11 is 4.63. The first kappa shape index (κ1) is 16.3. The van der Waals surface area contributed by atoms with Gasteiger partial charge in [-0.3, -0.25) is 4.79 Å². The van der Waals surface area contributed by atoms with Crippen LogP contribution in [0.2, 0.25) is 0 Å². The molecule has 0 saturated heterocycles. The number of nitrogens with one attached hydrogen (secondary N) is 1. The smallest absolute Gasteiger partial charge is 0.236 e. The second-order valence-electron chi connectivity index (χ2n) is 5.36. The van der Waals surface area contributed by atoms with Gasteiger partial charge in [0.1, 0.15) is 0 Å². The maximum Gasteiger partial charge on any atom is 0.236 e. The summed E-state index contributed by atoms with van der Waals surface area (Å²) in [5, 5.41) is 9.92. The van der Waals surface area contributed by atoms with Gasteiger partial charge in [-0.05, 0) is 34.4 Å². The number of aromatic nitrogens is 1. The van der Waals surface area contributed by atoms with Gasteiger partial charge in [0.2, 0.25) is 5.91 Å². The van der Waals surface area contributed by atoms with Crippen LogP contribution in [0, 0.1) is 0 Å². The van der Waals surface area contributed by atoms with E-state index < -0.39 is 0 Å². The van der Waals surface area contributed by atoms with E-state index in [1.54, 1.807) is 11.3 Å². The minimum atomic E-state index is -0.0368. The fourth-order valence-corrected chi connectivity index (χ4v) is 4.66. The van der Waals surface area contributed by atoms with Gasteiger partial charge in [0.05, 0.1) is 16.3 Å². The van der Waals surface area contributed by atoms with Crippen LogP contribution in [-0.4, -0.2) is 16.6 Å². The van der Waals surface area contributed by atoms with Gasteiger partial charge < -0.3 is 5.32 Å². The van der Waals surface area contributed by atoms with E-state index in [1.807, 2.05) is 35.0 Å². The van der Waals surface area contributed by atoms with Crippen LogP contribution in [0.15, 0.2) is 70.3 Å². The number of hydrogen-bond acceptors (Lipinski definition) is 5. The predicted molar refractivity (Wildman–Crippen MR) is 109 cm³/mol. The highest BCUT2D eigenvalue weighted by molar-refractivity contribution is 8.00. The van der Waals surface area contributed by atoms with Crippen LogP contribution in [0.3, 0.4) is 0 Å². The number of benzene rings is 2. The molecule has 0 spiro atoms. The van der Waals surface area contributed by atoms with Crippen molar-refractivity contribution in [1.29, 1.82) is 0 Å². The first-order valence-electron chi connectivity index (χ1n) is 7.69. The molecule has 1 N–H and O–H groups in total. The molecule has 0 aliphatic rings. The van der Waals surface area contributed by atoms with Gasteiger partial charge in [0, 0.05) is 10.3 Å². The Labute approximate surface area is 157 Å². The fourth-order valence-electron chi connectivity index (χ4n) is 2.43. The molecule has 0 atom stereocenters. The van der Waals surface area contributed by atoms with Gasteiger partial charge >= 0.3 is 0 Å². The van der Waals surface area contributed by atoms with Crippen molar-refractivity contribution in [2.24, 2.45) is 0 Å². The number of thiophene rings is 1. The maximum atomic E-state index is 12.2. The molecule has 4 aromatic rings. The predicted octanol–water partition coefficient (Wildman–Crippen LogP) is 5.76. The topological polar surface area (TPSA) is 42.0 Å². The summed E-state index contributed by atoms with van der Waals surface area (Å²) in [5.74, 6) is 0.331. The molecule has 3 nitrogen and oxygen atoms in total. The Morgan fingerprint density at radius 2 is 1.92 bits per heavy atom. The molecule has 2 aromatic heterocycles. The lowest BCUT2D eigenvalue weighted by Crippen LogP contribution is -2.13. The van der Waals surface area contributed by atoms with Gasteiger partial charge in [0.25, 0.3) is 0 Å². The number of carbonyl (C=O) groups excluding carboxylic acids is 1. The first-order chi connectivity index (χ1) is 12.3. The van der Waals surface area contributed by atoms with Crippen molar-refractivity contribution in [1.82, 2.24) is 4.98 Å². The van der Waals surface area contributed by atoms with Crippen LogP contribution in [-0.2, 0) is 4.79 Å². The van der Waals surface area contributed by atoms with Crippen LogP contribution >= 0.6 is 34.4 Å². The van der Waals surface area contributed by atoms with Crippen LogP contribution in [0.1, 0.15) is 0 Å². The molecular formula is C19H14N2OS3. The maximum absolute atomic E-state index is 12.2. The molecule has 0 bridgehead atoms. The lowest BCUT2D eigenvalue weighted by atomic mass is 10.1. The molecule has 25 heavy (non-hydrogen) atoms. The quantitative estimate of drug-likeness (QED) is 0.447. The normalized spacial score (nSPS) is 10.9. The van der Waals surface area contributed by atoms with Gasteiger partial charge in [-0.15, -0.1) is 34.4 Å². The highest BCUT2D eigenvalue weighted by atomic mass is 32.2. The summed E-state index contributed by atoms with van der Waals surface area (Å²) in [6, 6.07) is 18.5. The van der Waals surface area contributed by atoms with E-state index in [4.69, 9.17) is 0 Å². The second kappa shape index (κ2) is 7.39. The number of fused-ring (bicyclic) bond motifs is 1. The SMILES string of the molecule is O=C(CSc1ccc2ccccc2c1)Nc1nc(-c2cccs2)cs1. The van der Waals surface area contributed by atoms with Crippen LogP contribution in [0.5, 0.6) is 0 Å². The van der Waals surface area contributed by atoms with Crippen LogP contribution in [0.25, 0.3) is 21.3 Å². The summed E-state index contributed by atoms with van der Waals surface area (Å²) in [4.78, 5) is 18.9. The van der Waals surface area contributed by atoms with Gasteiger partial charge in [-0.25, -0.2) is 4.98 Å². The highest BCUT2D eigenvalue weighted by Crippen LogP contribution is 2.28. The van der Waals surface area contributed by atoms with Gasteiger partial charge in [-0.2, -0.15) is 0 Å². The summed E-state index contributed by atoms with van der Waals surface area (Å²) in [6.45, 7) is 0. The van der Waals surface area contributed by atoms with Crippen molar-refractivity contribution >= 4 is 56.2 Å². The molecule has 2 heterocycles. The highest BCUT2D eigenvalue weighted by Gasteiger charge is 2.09. The lowest BCUT2D eigenvalue weighted by Gasteiger charge is -2.04. The minimum absolute atomic E-state index is 0.0368. The average molecular weight is 383 g/mol. The molecule has 4 rings (SSSR count). The second-order valence-corrected chi connectivity index (χ2v) is 8.22. The van der Waals surface area contributed by atoms with Crippen molar-refractivity contribution in [3.05, 3.63) is 65.4 Å². The van der Waals surface area contributed by atoms with E-state index >= 15 is 0 Å². The van der Waals surface area contributed by atoms with E-state index in [2.05, 4.69) is 40.6 Å². The number of anilines is 1. The van der Waals surface area contributed by atoms with E-state index in [0.717, 1.165) is 15.5 Å². The summed E-state index contributed by atoms with van der Waals surface area (Å²) in [5.41, 5.74) is 0.914. The summed E-state index contributed by atoms with van der Waals surface area (Å²) in [6.07, 6.45) is 0. The summed E-state index contributed by atoms with van der Waals surface area (Å²) in [7, 11) is 0. The zero-order chi connectivity index (χ0) is 17.1. The largest absolute Gasteiger partial charge is 0.301 e. The Morgan fingerprint density at radius 1 is 1.04 bits per heavy atom. The van der Waals surface area contributed by atoms with Gasteiger partial charge in [0.15, 0.2) is 5.13 Å². The van der Waals surface area contributed by atoms with Crippen molar-refractivity contribution < 1.29 is 4.79 Å². The summed E-state index contributed by atoms with van der Waals surface area (Å²) < 4.78 is 0. The number of thioether (sulfide) groups is 1. The molecule has 0 radical (unpaired) electrons. The third-order valence-corrected chi connectivity index (χ3v) is 6.26. The zero-order valence-corrected chi connectivity index (χ0v) is 15.6. The molecular weight excluding hydrogens is 368 g/mol. The Balaban J connectivity index is 1.37. The van der Waals surface area contributed by atoms with Crippen LogP contribution in [0.4, 0.5) is 5.13 Å². The average Bonchev–Trinajstić information content (AvgIpc) is 3.31. The van der Waals surface area contributed by atoms with E-state index in [1.165, 1.54) is 33.9 Å². The molecule has 124 valence electrons. The number of amides is 1. The first-order valence-corrected chi connectivity index (χ1v) is 10.4.